The van der Waals surface area contributed by atoms with Crippen molar-refractivity contribution in [2.24, 2.45) is 0 Å². The van der Waals surface area contributed by atoms with Gasteiger partial charge in [-0.3, -0.25) is 4.98 Å². The van der Waals surface area contributed by atoms with E-state index in [9.17, 15) is 0 Å². The number of fused-ring (bicyclic) bond motifs is 1. The van der Waals surface area contributed by atoms with Crippen LogP contribution in [0.4, 0.5) is 0 Å². The van der Waals surface area contributed by atoms with Crippen LogP contribution in [0, 0.1) is 20.8 Å². The van der Waals surface area contributed by atoms with Crippen molar-refractivity contribution in [3.05, 3.63) is 64.3 Å². The SMILES string of the molecule is Cc1cc2nc(C)c(C)cc2cc1Oc1ccc(Cl)cc1. The van der Waals surface area contributed by atoms with Gasteiger partial charge < -0.3 is 4.74 Å². The summed E-state index contributed by atoms with van der Waals surface area (Å²) < 4.78 is 5.96. The summed E-state index contributed by atoms with van der Waals surface area (Å²) in [5, 5.41) is 1.79. The Kier molecular flexibility index (Phi) is 3.56. The Balaban J connectivity index is 2.04. The van der Waals surface area contributed by atoms with Crippen LogP contribution in [-0.2, 0) is 0 Å². The van der Waals surface area contributed by atoms with Crippen LogP contribution < -0.4 is 4.74 Å². The molecule has 0 fully saturated rings. The predicted octanol–water partition coefficient (Wildman–Crippen LogP) is 5.61. The topological polar surface area (TPSA) is 22.1 Å². The molecule has 0 atom stereocenters. The van der Waals surface area contributed by atoms with E-state index in [0.29, 0.717) is 5.02 Å². The molecule has 0 bridgehead atoms. The second kappa shape index (κ2) is 5.38. The van der Waals surface area contributed by atoms with Gasteiger partial charge in [-0.2, -0.15) is 0 Å². The zero-order valence-electron chi connectivity index (χ0n) is 12.3. The van der Waals surface area contributed by atoms with Crippen LogP contribution in [0.5, 0.6) is 11.5 Å². The standard InChI is InChI=1S/C18H16ClNO/c1-11-8-14-10-18(12(2)9-17(14)20-13(11)3)21-16-6-4-15(19)5-7-16/h4-10H,1-3H3. The summed E-state index contributed by atoms with van der Waals surface area (Å²) in [6.07, 6.45) is 0. The molecule has 0 unspecified atom stereocenters. The largest absolute Gasteiger partial charge is 0.457 e. The third kappa shape index (κ3) is 2.86. The summed E-state index contributed by atoms with van der Waals surface area (Å²) in [6.45, 7) is 6.13. The van der Waals surface area contributed by atoms with Crippen LogP contribution in [0.3, 0.4) is 0 Å². The van der Waals surface area contributed by atoms with Gasteiger partial charge in [0.05, 0.1) is 5.52 Å². The van der Waals surface area contributed by atoms with Gasteiger partial charge in [0.15, 0.2) is 0 Å². The molecule has 1 heterocycles. The maximum Gasteiger partial charge on any atom is 0.131 e. The van der Waals surface area contributed by atoms with Gasteiger partial charge in [0.25, 0.3) is 0 Å². The molecular weight excluding hydrogens is 282 g/mol. The van der Waals surface area contributed by atoms with Crippen LogP contribution in [0.25, 0.3) is 10.9 Å². The first-order valence-electron chi connectivity index (χ1n) is 6.85. The minimum atomic E-state index is 0.702. The number of benzene rings is 2. The summed E-state index contributed by atoms with van der Waals surface area (Å²) in [5.41, 5.74) is 4.31. The smallest absolute Gasteiger partial charge is 0.131 e. The molecule has 3 heteroatoms. The van der Waals surface area contributed by atoms with Crippen molar-refractivity contribution in [1.82, 2.24) is 4.98 Å². The Labute approximate surface area is 129 Å². The number of halogens is 1. The lowest BCUT2D eigenvalue weighted by Crippen LogP contribution is -1.92. The molecule has 106 valence electrons. The van der Waals surface area contributed by atoms with Crippen molar-refractivity contribution >= 4 is 22.5 Å². The molecular formula is C18H16ClNO. The first-order chi connectivity index (χ1) is 10.0. The quantitative estimate of drug-likeness (QED) is 0.613. The highest BCUT2D eigenvalue weighted by Crippen LogP contribution is 2.30. The van der Waals surface area contributed by atoms with Crippen molar-refractivity contribution in [2.75, 3.05) is 0 Å². The Morgan fingerprint density at radius 2 is 1.62 bits per heavy atom. The van der Waals surface area contributed by atoms with Gasteiger partial charge in [-0.15, -0.1) is 0 Å². The fraction of sp³-hybridized carbons (Fsp3) is 0.167. The first-order valence-corrected chi connectivity index (χ1v) is 7.23. The Bertz CT molecular complexity index is 810. The number of ether oxygens (including phenoxy) is 1. The highest BCUT2D eigenvalue weighted by Gasteiger charge is 2.07. The third-order valence-corrected chi connectivity index (χ3v) is 3.85. The molecule has 0 N–H and O–H groups in total. The zero-order chi connectivity index (χ0) is 15.0. The molecule has 0 saturated heterocycles. The molecule has 0 spiro atoms. The maximum atomic E-state index is 5.96. The molecule has 21 heavy (non-hydrogen) atoms. The number of hydrogen-bond acceptors (Lipinski definition) is 2. The van der Waals surface area contributed by atoms with Crippen molar-refractivity contribution < 1.29 is 4.74 Å². The number of pyridine rings is 1. The highest BCUT2D eigenvalue weighted by molar-refractivity contribution is 6.30. The maximum absolute atomic E-state index is 5.96. The average Bonchev–Trinajstić information content (AvgIpc) is 2.44. The number of aromatic nitrogens is 1. The van der Waals surface area contributed by atoms with Crippen LogP contribution in [-0.4, -0.2) is 4.98 Å². The van der Waals surface area contributed by atoms with E-state index >= 15 is 0 Å². The van der Waals surface area contributed by atoms with Crippen molar-refractivity contribution in [2.45, 2.75) is 20.8 Å². The Hall–Kier alpha value is -2.06. The number of rotatable bonds is 2. The van der Waals surface area contributed by atoms with E-state index in [2.05, 4.69) is 24.0 Å². The molecule has 0 radical (unpaired) electrons. The van der Waals surface area contributed by atoms with Crippen molar-refractivity contribution in [3.8, 4) is 11.5 Å². The van der Waals surface area contributed by atoms with Gasteiger partial charge in [-0.1, -0.05) is 11.6 Å². The minimum Gasteiger partial charge on any atom is -0.457 e. The predicted molar refractivity (Wildman–Crippen MR) is 87.5 cm³/mol. The van der Waals surface area contributed by atoms with E-state index < -0.39 is 0 Å². The fourth-order valence-electron chi connectivity index (χ4n) is 2.25. The normalized spacial score (nSPS) is 10.9. The van der Waals surface area contributed by atoms with Crippen LogP contribution in [0.15, 0.2) is 42.5 Å². The number of hydrogen-bond donors (Lipinski definition) is 0. The van der Waals surface area contributed by atoms with E-state index in [1.54, 1.807) is 0 Å². The van der Waals surface area contributed by atoms with E-state index in [-0.39, 0.29) is 0 Å². The monoisotopic (exact) mass is 297 g/mol. The second-order valence-corrected chi connectivity index (χ2v) is 5.69. The Morgan fingerprint density at radius 3 is 2.33 bits per heavy atom. The average molecular weight is 298 g/mol. The number of aryl methyl sites for hydroxylation is 3. The molecule has 0 saturated carbocycles. The summed E-state index contributed by atoms with van der Waals surface area (Å²) in [4.78, 5) is 4.62. The van der Waals surface area contributed by atoms with Gasteiger partial charge in [-0.05, 0) is 74.4 Å². The van der Waals surface area contributed by atoms with E-state index in [1.165, 1.54) is 5.56 Å². The first kappa shape index (κ1) is 13.9. The summed E-state index contributed by atoms with van der Waals surface area (Å²) >= 11 is 5.89. The molecule has 2 nitrogen and oxygen atoms in total. The van der Waals surface area contributed by atoms with E-state index in [1.807, 2.05) is 44.2 Å². The third-order valence-electron chi connectivity index (χ3n) is 3.60. The lowest BCUT2D eigenvalue weighted by molar-refractivity contribution is 0.479. The van der Waals surface area contributed by atoms with Gasteiger partial charge >= 0.3 is 0 Å². The molecule has 1 aromatic heterocycles. The Morgan fingerprint density at radius 1 is 0.905 bits per heavy atom. The van der Waals surface area contributed by atoms with Gasteiger partial charge in [-0.25, -0.2) is 0 Å². The minimum absolute atomic E-state index is 0.702. The highest BCUT2D eigenvalue weighted by atomic mass is 35.5. The molecule has 3 rings (SSSR count). The van der Waals surface area contributed by atoms with Crippen molar-refractivity contribution in [3.63, 3.8) is 0 Å². The molecule has 2 aromatic carbocycles. The second-order valence-electron chi connectivity index (χ2n) is 5.26. The lowest BCUT2D eigenvalue weighted by atomic mass is 10.1. The summed E-state index contributed by atoms with van der Waals surface area (Å²) in [5.74, 6) is 1.62. The molecule has 0 aliphatic carbocycles. The molecule has 0 aliphatic heterocycles. The van der Waals surface area contributed by atoms with Gasteiger partial charge in [0.2, 0.25) is 0 Å². The zero-order valence-corrected chi connectivity index (χ0v) is 13.0. The van der Waals surface area contributed by atoms with Crippen LogP contribution in [0.2, 0.25) is 5.02 Å². The summed E-state index contributed by atoms with van der Waals surface area (Å²) in [7, 11) is 0. The van der Waals surface area contributed by atoms with Gasteiger partial charge in [0, 0.05) is 16.1 Å². The van der Waals surface area contributed by atoms with E-state index in [4.69, 9.17) is 16.3 Å². The van der Waals surface area contributed by atoms with Crippen LogP contribution >= 0.6 is 11.6 Å². The molecule has 3 aromatic rings. The van der Waals surface area contributed by atoms with Gasteiger partial charge in [0.1, 0.15) is 11.5 Å². The summed E-state index contributed by atoms with van der Waals surface area (Å²) in [6, 6.07) is 13.6. The number of nitrogens with zero attached hydrogens (tertiary/aromatic N) is 1. The van der Waals surface area contributed by atoms with Crippen LogP contribution in [0.1, 0.15) is 16.8 Å². The fourth-order valence-corrected chi connectivity index (χ4v) is 2.37. The van der Waals surface area contributed by atoms with E-state index in [0.717, 1.165) is 33.7 Å². The lowest BCUT2D eigenvalue weighted by Gasteiger charge is -2.11. The van der Waals surface area contributed by atoms with Crippen molar-refractivity contribution in [1.29, 1.82) is 0 Å². The molecule has 0 aliphatic rings. The molecule has 0 amide bonds.